The smallest absolute Gasteiger partial charge is 0.295 e. The van der Waals surface area contributed by atoms with Gasteiger partial charge in [0.25, 0.3) is 11.7 Å². The number of aryl methyl sites for hydroxylation is 1. The van der Waals surface area contributed by atoms with Crippen LogP contribution in [0.3, 0.4) is 0 Å². The van der Waals surface area contributed by atoms with E-state index in [4.69, 9.17) is 9.47 Å². The van der Waals surface area contributed by atoms with E-state index in [0.29, 0.717) is 43.2 Å². The van der Waals surface area contributed by atoms with Crippen molar-refractivity contribution in [2.45, 2.75) is 33.2 Å². The van der Waals surface area contributed by atoms with E-state index >= 15 is 0 Å². The Hall–Kier alpha value is -3.32. The van der Waals surface area contributed by atoms with E-state index in [9.17, 15) is 14.7 Å². The predicted molar refractivity (Wildman–Crippen MR) is 132 cm³/mol. The van der Waals surface area contributed by atoms with Gasteiger partial charge in [-0.3, -0.25) is 9.59 Å². The fraction of sp³-hybridized carbons (Fsp3) is 0.407. The largest absolute Gasteiger partial charge is 0.507 e. The zero-order chi connectivity index (χ0) is 24.8. The number of carbonyl (C=O) groups is 2. The van der Waals surface area contributed by atoms with Gasteiger partial charge in [-0.2, -0.15) is 0 Å². The van der Waals surface area contributed by atoms with Crippen molar-refractivity contribution in [2.75, 3.05) is 40.4 Å². The Morgan fingerprint density at radius 3 is 2.44 bits per heavy atom. The molecular formula is C27H34N2O5. The molecule has 2 aromatic carbocycles. The van der Waals surface area contributed by atoms with Crippen molar-refractivity contribution in [2.24, 2.45) is 0 Å². The van der Waals surface area contributed by atoms with E-state index < -0.39 is 17.7 Å². The van der Waals surface area contributed by atoms with Gasteiger partial charge in [-0.25, -0.2) is 0 Å². The maximum Gasteiger partial charge on any atom is 0.295 e. The highest BCUT2D eigenvalue weighted by Crippen LogP contribution is 2.41. The molecular weight excluding hydrogens is 432 g/mol. The second-order valence-corrected chi connectivity index (χ2v) is 8.59. The van der Waals surface area contributed by atoms with Gasteiger partial charge in [0, 0.05) is 12.6 Å². The third-order valence-corrected chi connectivity index (χ3v) is 5.72. The van der Waals surface area contributed by atoms with E-state index in [-0.39, 0.29) is 11.3 Å². The number of aliphatic hydroxyl groups excluding tert-OH is 1. The highest BCUT2D eigenvalue weighted by molar-refractivity contribution is 6.46. The first-order valence-electron chi connectivity index (χ1n) is 11.7. The van der Waals surface area contributed by atoms with Crippen LogP contribution in [-0.4, -0.2) is 67.0 Å². The zero-order valence-electron chi connectivity index (χ0n) is 20.6. The van der Waals surface area contributed by atoms with Crippen LogP contribution in [0.1, 0.15) is 43.0 Å². The van der Waals surface area contributed by atoms with Gasteiger partial charge >= 0.3 is 0 Å². The van der Waals surface area contributed by atoms with Crippen molar-refractivity contribution in [3.05, 3.63) is 64.7 Å². The minimum Gasteiger partial charge on any atom is -0.507 e. The number of ether oxygens (including phenoxy) is 2. The highest BCUT2D eigenvalue weighted by atomic mass is 16.5. The Labute approximate surface area is 201 Å². The molecule has 0 saturated carbocycles. The fourth-order valence-electron chi connectivity index (χ4n) is 4.23. The number of amides is 1. The molecule has 0 aromatic heterocycles. The van der Waals surface area contributed by atoms with Crippen molar-refractivity contribution >= 4 is 17.4 Å². The molecule has 1 heterocycles. The van der Waals surface area contributed by atoms with Crippen molar-refractivity contribution < 1.29 is 24.2 Å². The van der Waals surface area contributed by atoms with Gasteiger partial charge in [-0.05, 0) is 65.5 Å². The zero-order valence-corrected chi connectivity index (χ0v) is 20.6. The Morgan fingerprint density at radius 1 is 1.06 bits per heavy atom. The molecule has 1 N–H and O–H groups in total. The summed E-state index contributed by atoms with van der Waals surface area (Å²) >= 11 is 0. The highest BCUT2D eigenvalue weighted by Gasteiger charge is 2.46. The first-order chi connectivity index (χ1) is 16.3. The van der Waals surface area contributed by atoms with Crippen molar-refractivity contribution in [1.82, 2.24) is 9.80 Å². The van der Waals surface area contributed by atoms with Crippen LogP contribution in [0.15, 0.2) is 48.0 Å². The summed E-state index contributed by atoms with van der Waals surface area (Å²) in [4.78, 5) is 30.0. The van der Waals surface area contributed by atoms with E-state index in [2.05, 4.69) is 0 Å². The van der Waals surface area contributed by atoms with Crippen LogP contribution < -0.4 is 9.47 Å². The van der Waals surface area contributed by atoms with Crippen LogP contribution in [-0.2, 0) is 9.59 Å². The molecule has 7 nitrogen and oxygen atoms in total. The average molecular weight is 467 g/mol. The van der Waals surface area contributed by atoms with E-state index in [1.165, 1.54) is 0 Å². The molecule has 3 rings (SSSR count). The number of nitrogens with zero attached hydrogens (tertiary/aromatic N) is 2. The molecule has 0 radical (unpaired) electrons. The molecule has 2 aromatic rings. The Morgan fingerprint density at radius 2 is 1.79 bits per heavy atom. The number of carbonyl (C=O) groups excluding carboxylic acids is 2. The van der Waals surface area contributed by atoms with Crippen LogP contribution in [0.4, 0.5) is 0 Å². The Balaban J connectivity index is 2.14. The normalized spacial score (nSPS) is 17.5. The van der Waals surface area contributed by atoms with Crippen LogP contribution in [0.25, 0.3) is 5.76 Å². The summed E-state index contributed by atoms with van der Waals surface area (Å²) in [5.74, 6) is -0.540. The SMILES string of the molecule is CCOc1ccc(/C(O)=C2/C(=O)C(=O)N(CCCN(C)C)C2c2cccc(C)c2)c(OCC)c1. The van der Waals surface area contributed by atoms with Crippen LogP contribution >= 0.6 is 0 Å². The van der Waals surface area contributed by atoms with E-state index in [1.807, 2.05) is 64.0 Å². The monoisotopic (exact) mass is 466 g/mol. The topological polar surface area (TPSA) is 79.3 Å². The molecule has 1 unspecified atom stereocenters. The van der Waals surface area contributed by atoms with Crippen LogP contribution in [0, 0.1) is 6.92 Å². The molecule has 0 aliphatic carbocycles. The summed E-state index contributed by atoms with van der Waals surface area (Å²) in [5.41, 5.74) is 2.22. The Bertz CT molecular complexity index is 1080. The number of hydrogen-bond donors (Lipinski definition) is 1. The summed E-state index contributed by atoms with van der Waals surface area (Å²) in [6.45, 7) is 7.72. The lowest BCUT2D eigenvalue weighted by molar-refractivity contribution is -0.139. The molecule has 1 aliphatic heterocycles. The number of likely N-dealkylation sites (tertiary alicyclic amines) is 1. The standard InChI is InChI=1S/C27H34N2O5/c1-6-33-20-12-13-21(22(17-20)34-7-2)25(30)23-24(19-11-8-10-18(3)16-19)29(27(32)26(23)31)15-9-14-28(4)5/h8,10-13,16-17,24,30H,6-7,9,14-15H2,1-5H3/b25-23-. The summed E-state index contributed by atoms with van der Waals surface area (Å²) in [6.07, 6.45) is 0.704. The van der Waals surface area contributed by atoms with Gasteiger partial charge in [0.05, 0.1) is 30.4 Å². The molecule has 182 valence electrons. The molecule has 0 spiro atoms. The number of ketones is 1. The number of hydrogen-bond acceptors (Lipinski definition) is 6. The second-order valence-electron chi connectivity index (χ2n) is 8.59. The second kappa shape index (κ2) is 11.2. The summed E-state index contributed by atoms with van der Waals surface area (Å²) in [5, 5.41) is 11.4. The minimum absolute atomic E-state index is 0.0746. The minimum atomic E-state index is -0.690. The number of aliphatic hydroxyl groups is 1. The van der Waals surface area contributed by atoms with Gasteiger partial charge in [0.15, 0.2) is 0 Å². The van der Waals surface area contributed by atoms with Crippen molar-refractivity contribution in [3.63, 3.8) is 0 Å². The Kier molecular flexibility index (Phi) is 8.34. The third-order valence-electron chi connectivity index (χ3n) is 5.72. The lowest BCUT2D eigenvalue weighted by Crippen LogP contribution is -2.32. The van der Waals surface area contributed by atoms with Crippen molar-refractivity contribution in [1.29, 1.82) is 0 Å². The summed E-state index contributed by atoms with van der Waals surface area (Å²) in [7, 11) is 3.93. The first kappa shape index (κ1) is 25.3. The van der Waals surface area contributed by atoms with Gasteiger partial charge in [-0.1, -0.05) is 29.8 Å². The number of Topliss-reactive ketones (excluding diaryl/α,β-unsaturated/α-hetero) is 1. The van der Waals surface area contributed by atoms with Gasteiger partial charge in [0.1, 0.15) is 17.3 Å². The van der Waals surface area contributed by atoms with Gasteiger partial charge < -0.3 is 24.4 Å². The van der Waals surface area contributed by atoms with E-state index in [1.54, 1.807) is 23.1 Å². The maximum absolute atomic E-state index is 13.2. The van der Waals surface area contributed by atoms with Crippen LogP contribution in [0.2, 0.25) is 0 Å². The number of rotatable bonds is 10. The summed E-state index contributed by atoms with van der Waals surface area (Å²) in [6, 6.07) is 12.1. The average Bonchev–Trinajstić information content (AvgIpc) is 3.04. The third kappa shape index (κ3) is 5.42. The molecule has 1 amide bonds. The van der Waals surface area contributed by atoms with Crippen molar-refractivity contribution in [3.8, 4) is 11.5 Å². The molecule has 1 aliphatic rings. The predicted octanol–water partition coefficient (Wildman–Crippen LogP) is 4.17. The molecule has 7 heteroatoms. The van der Waals surface area contributed by atoms with Crippen LogP contribution in [0.5, 0.6) is 11.5 Å². The van der Waals surface area contributed by atoms with E-state index in [0.717, 1.165) is 17.7 Å². The molecule has 34 heavy (non-hydrogen) atoms. The summed E-state index contributed by atoms with van der Waals surface area (Å²) < 4.78 is 11.3. The molecule has 1 fully saturated rings. The lowest BCUT2D eigenvalue weighted by Gasteiger charge is -2.26. The quantitative estimate of drug-likeness (QED) is 0.322. The fourth-order valence-corrected chi connectivity index (χ4v) is 4.23. The molecule has 1 saturated heterocycles. The maximum atomic E-state index is 13.2. The molecule has 1 atom stereocenters. The van der Waals surface area contributed by atoms with Gasteiger partial charge in [-0.15, -0.1) is 0 Å². The van der Waals surface area contributed by atoms with Gasteiger partial charge in [0.2, 0.25) is 0 Å². The first-order valence-corrected chi connectivity index (χ1v) is 11.7. The lowest BCUT2D eigenvalue weighted by atomic mass is 9.94. The molecule has 0 bridgehead atoms. The number of benzene rings is 2.